The summed E-state index contributed by atoms with van der Waals surface area (Å²) >= 11 is 1.62. The molecule has 1 aliphatic heterocycles. The van der Waals surface area contributed by atoms with E-state index in [1.807, 2.05) is 60.7 Å². The molecule has 124 valence electrons. The van der Waals surface area contributed by atoms with Crippen LogP contribution in [0.4, 0.5) is 5.69 Å². The van der Waals surface area contributed by atoms with E-state index in [2.05, 4.69) is 4.99 Å². The number of carbonyl (C=O) groups is 1. The number of ether oxygens (including phenoxy) is 1. The van der Waals surface area contributed by atoms with Crippen molar-refractivity contribution in [3.05, 3.63) is 60.7 Å². The predicted octanol–water partition coefficient (Wildman–Crippen LogP) is 4.11. The van der Waals surface area contributed by atoms with Gasteiger partial charge in [-0.25, -0.2) is 4.99 Å². The molecule has 0 N–H and O–H groups in total. The fourth-order valence-electron chi connectivity index (χ4n) is 2.44. The SMILES string of the molecule is C[C@@H](Oc1ccccc1)C(=O)N1CCCSC1=Nc1ccccc1. The van der Waals surface area contributed by atoms with Crippen LogP contribution in [-0.2, 0) is 4.79 Å². The number of amidine groups is 1. The van der Waals surface area contributed by atoms with Crippen molar-refractivity contribution in [2.24, 2.45) is 4.99 Å². The first-order valence-corrected chi connectivity index (χ1v) is 9.02. The minimum atomic E-state index is -0.549. The molecule has 1 aliphatic rings. The van der Waals surface area contributed by atoms with Crippen molar-refractivity contribution >= 4 is 28.5 Å². The highest BCUT2D eigenvalue weighted by molar-refractivity contribution is 8.13. The first-order valence-electron chi connectivity index (χ1n) is 8.03. The number of benzene rings is 2. The van der Waals surface area contributed by atoms with Gasteiger partial charge >= 0.3 is 0 Å². The van der Waals surface area contributed by atoms with Crippen molar-refractivity contribution in [1.29, 1.82) is 0 Å². The van der Waals surface area contributed by atoms with Gasteiger partial charge in [0.05, 0.1) is 5.69 Å². The van der Waals surface area contributed by atoms with Crippen LogP contribution in [0, 0.1) is 0 Å². The Kier molecular flexibility index (Phi) is 5.54. The number of para-hydroxylation sites is 2. The topological polar surface area (TPSA) is 41.9 Å². The maximum absolute atomic E-state index is 12.8. The average molecular weight is 340 g/mol. The number of rotatable bonds is 4. The Labute approximate surface area is 146 Å². The normalized spacial score (nSPS) is 17.5. The number of carbonyl (C=O) groups excluding carboxylic acids is 1. The quantitative estimate of drug-likeness (QED) is 0.841. The lowest BCUT2D eigenvalue weighted by Gasteiger charge is -2.30. The number of aliphatic imine (C=N–C) groups is 1. The minimum absolute atomic E-state index is 0.0549. The largest absolute Gasteiger partial charge is 0.481 e. The molecule has 24 heavy (non-hydrogen) atoms. The Morgan fingerprint density at radius 1 is 1.12 bits per heavy atom. The molecular formula is C19H20N2O2S. The van der Waals surface area contributed by atoms with Gasteiger partial charge < -0.3 is 4.74 Å². The van der Waals surface area contributed by atoms with Gasteiger partial charge in [-0.05, 0) is 37.6 Å². The van der Waals surface area contributed by atoms with Crippen LogP contribution in [0.15, 0.2) is 65.7 Å². The molecule has 1 amide bonds. The maximum atomic E-state index is 12.8. The molecule has 2 aromatic rings. The molecule has 5 heteroatoms. The van der Waals surface area contributed by atoms with E-state index < -0.39 is 6.10 Å². The zero-order valence-corrected chi connectivity index (χ0v) is 14.4. The summed E-state index contributed by atoms with van der Waals surface area (Å²) in [6.07, 6.45) is 0.412. The third-order valence-electron chi connectivity index (χ3n) is 3.64. The summed E-state index contributed by atoms with van der Waals surface area (Å²) in [4.78, 5) is 19.2. The summed E-state index contributed by atoms with van der Waals surface area (Å²) < 4.78 is 5.77. The van der Waals surface area contributed by atoms with E-state index in [1.54, 1.807) is 23.6 Å². The summed E-state index contributed by atoms with van der Waals surface area (Å²) in [5.41, 5.74) is 0.858. The van der Waals surface area contributed by atoms with Gasteiger partial charge in [0.15, 0.2) is 11.3 Å². The second-order valence-corrected chi connectivity index (χ2v) is 6.56. The zero-order valence-electron chi connectivity index (χ0n) is 13.6. The van der Waals surface area contributed by atoms with Gasteiger partial charge in [-0.3, -0.25) is 9.69 Å². The Morgan fingerprint density at radius 2 is 1.79 bits per heavy atom. The molecule has 1 heterocycles. The van der Waals surface area contributed by atoms with Gasteiger partial charge in [0.25, 0.3) is 5.91 Å². The van der Waals surface area contributed by atoms with Crippen molar-refractivity contribution in [3.8, 4) is 5.75 Å². The van der Waals surface area contributed by atoms with E-state index in [1.165, 1.54) is 0 Å². The third-order valence-corrected chi connectivity index (χ3v) is 4.70. The van der Waals surface area contributed by atoms with E-state index in [0.717, 1.165) is 23.0 Å². The lowest BCUT2D eigenvalue weighted by Crippen LogP contribution is -2.45. The molecule has 0 bridgehead atoms. The zero-order chi connectivity index (χ0) is 16.8. The Bertz CT molecular complexity index is 704. The van der Waals surface area contributed by atoms with Crippen LogP contribution in [0.5, 0.6) is 5.75 Å². The second kappa shape index (κ2) is 8.02. The molecule has 0 radical (unpaired) electrons. The molecule has 0 unspecified atom stereocenters. The molecule has 1 fully saturated rings. The highest BCUT2D eigenvalue weighted by atomic mass is 32.2. The van der Waals surface area contributed by atoms with Crippen LogP contribution < -0.4 is 4.74 Å². The predicted molar refractivity (Wildman–Crippen MR) is 98.9 cm³/mol. The second-order valence-electron chi connectivity index (χ2n) is 5.49. The van der Waals surface area contributed by atoms with Gasteiger partial charge in [-0.15, -0.1) is 0 Å². The summed E-state index contributed by atoms with van der Waals surface area (Å²) in [6.45, 7) is 2.47. The molecule has 2 aromatic carbocycles. The third kappa shape index (κ3) is 4.17. The monoisotopic (exact) mass is 340 g/mol. The molecule has 0 saturated carbocycles. The highest BCUT2D eigenvalue weighted by Gasteiger charge is 2.28. The van der Waals surface area contributed by atoms with Crippen LogP contribution >= 0.6 is 11.8 Å². The number of nitrogens with zero attached hydrogens (tertiary/aromatic N) is 2. The van der Waals surface area contributed by atoms with Crippen molar-refractivity contribution in [1.82, 2.24) is 4.90 Å². The first-order chi connectivity index (χ1) is 11.7. The standard InChI is InChI=1S/C19H20N2O2S/c1-15(23-17-11-6-3-7-12-17)18(22)21-13-8-14-24-19(21)20-16-9-4-2-5-10-16/h2-7,9-12,15H,8,13-14H2,1H3/t15-/m1/s1. The van der Waals surface area contributed by atoms with Crippen LogP contribution in [0.3, 0.4) is 0 Å². The molecule has 4 nitrogen and oxygen atoms in total. The van der Waals surface area contributed by atoms with Crippen LogP contribution in [-0.4, -0.2) is 34.4 Å². The average Bonchev–Trinajstić information content (AvgIpc) is 2.63. The first kappa shape index (κ1) is 16.6. The Balaban J connectivity index is 1.75. The Hall–Kier alpha value is -2.27. The van der Waals surface area contributed by atoms with Crippen LogP contribution in [0.2, 0.25) is 0 Å². The van der Waals surface area contributed by atoms with Gasteiger partial charge in [0.1, 0.15) is 5.75 Å². The number of hydrogen-bond donors (Lipinski definition) is 0. The molecular weight excluding hydrogens is 320 g/mol. The van der Waals surface area contributed by atoms with Gasteiger partial charge in [0, 0.05) is 12.3 Å². The smallest absolute Gasteiger partial charge is 0.269 e. The van der Waals surface area contributed by atoms with Crippen molar-refractivity contribution in [3.63, 3.8) is 0 Å². The van der Waals surface area contributed by atoms with E-state index in [-0.39, 0.29) is 5.91 Å². The number of amides is 1. The van der Waals surface area contributed by atoms with Crippen molar-refractivity contribution in [2.75, 3.05) is 12.3 Å². The molecule has 0 spiro atoms. The van der Waals surface area contributed by atoms with Gasteiger partial charge in [-0.1, -0.05) is 48.2 Å². The molecule has 1 saturated heterocycles. The lowest BCUT2D eigenvalue weighted by atomic mass is 10.3. The fourth-order valence-corrected chi connectivity index (χ4v) is 3.41. The van der Waals surface area contributed by atoms with E-state index in [4.69, 9.17) is 4.74 Å². The van der Waals surface area contributed by atoms with Crippen molar-refractivity contribution in [2.45, 2.75) is 19.4 Å². The highest BCUT2D eigenvalue weighted by Crippen LogP contribution is 2.23. The van der Waals surface area contributed by atoms with Crippen LogP contribution in [0.25, 0.3) is 0 Å². The Morgan fingerprint density at radius 3 is 2.50 bits per heavy atom. The summed E-state index contributed by atoms with van der Waals surface area (Å²) in [5, 5.41) is 0.751. The van der Waals surface area contributed by atoms with Gasteiger partial charge in [0.2, 0.25) is 0 Å². The molecule has 3 rings (SSSR count). The van der Waals surface area contributed by atoms with Crippen molar-refractivity contribution < 1.29 is 9.53 Å². The summed E-state index contributed by atoms with van der Waals surface area (Å²) in [5.74, 6) is 1.62. The molecule has 1 atom stereocenters. The van der Waals surface area contributed by atoms with E-state index >= 15 is 0 Å². The number of hydrogen-bond acceptors (Lipinski definition) is 4. The lowest BCUT2D eigenvalue weighted by molar-refractivity contribution is -0.133. The minimum Gasteiger partial charge on any atom is -0.481 e. The van der Waals surface area contributed by atoms with Gasteiger partial charge in [-0.2, -0.15) is 0 Å². The van der Waals surface area contributed by atoms with E-state index in [9.17, 15) is 4.79 Å². The number of thioether (sulfide) groups is 1. The van der Waals surface area contributed by atoms with E-state index in [0.29, 0.717) is 12.3 Å². The molecule has 0 aromatic heterocycles. The maximum Gasteiger partial charge on any atom is 0.269 e. The molecule has 0 aliphatic carbocycles. The fraction of sp³-hybridized carbons (Fsp3) is 0.263. The summed E-state index contributed by atoms with van der Waals surface area (Å²) in [6, 6.07) is 19.1. The van der Waals surface area contributed by atoms with Crippen LogP contribution in [0.1, 0.15) is 13.3 Å². The summed E-state index contributed by atoms with van der Waals surface area (Å²) in [7, 11) is 0.